The highest BCUT2D eigenvalue weighted by Gasteiger charge is 2.35. The van der Waals surface area contributed by atoms with E-state index in [9.17, 15) is 8.42 Å². The Morgan fingerprint density at radius 2 is 1.84 bits per heavy atom. The molecule has 19 heavy (non-hydrogen) atoms. The van der Waals surface area contributed by atoms with E-state index in [4.69, 9.17) is 5.11 Å². The predicted molar refractivity (Wildman–Crippen MR) is 78.5 cm³/mol. The number of hydrogen-bond donors (Lipinski definition) is 2. The number of rotatable bonds is 9. The molecule has 0 atom stereocenters. The minimum atomic E-state index is -3.18. The Kier molecular flexibility index (Phi) is 6.77. The smallest absolute Gasteiger partial charge is 0.211 e. The lowest BCUT2D eigenvalue weighted by molar-refractivity contribution is 0.236. The van der Waals surface area contributed by atoms with Crippen LogP contribution in [0.3, 0.4) is 0 Å². The highest BCUT2D eigenvalue weighted by Crippen LogP contribution is 2.42. The lowest BCUT2D eigenvalue weighted by atomic mass is 9.79. The maximum absolute atomic E-state index is 11.9. The second-order valence-electron chi connectivity index (χ2n) is 6.38. The van der Waals surface area contributed by atoms with E-state index < -0.39 is 10.0 Å². The van der Waals surface area contributed by atoms with Crippen molar-refractivity contribution in [2.24, 2.45) is 11.3 Å². The van der Waals surface area contributed by atoms with Gasteiger partial charge in [0.15, 0.2) is 0 Å². The van der Waals surface area contributed by atoms with Gasteiger partial charge >= 0.3 is 0 Å². The van der Waals surface area contributed by atoms with Crippen LogP contribution in [0.15, 0.2) is 0 Å². The van der Waals surface area contributed by atoms with Crippen LogP contribution in [0.1, 0.15) is 58.8 Å². The molecule has 0 aromatic rings. The summed E-state index contributed by atoms with van der Waals surface area (Å²) in [6.45, 7) is 5.06. The Morgan fingerprint density at radius 1 is 1.21 bits per heavy atom. The summed E-state index contributed by atoms with van der Waals surface area (Å²) in [5.41, 5.74) is 0.179. The summed E-state index contributed by atoms with van der Waals surface area (Å²) in [5, 5.41) is 8.69. The van der Waals surface area contributed by atoms with Crippen molar-refractivity contribution in [2.45, 2.75) is 58.8 Å². The number of nitrogens with one attached hydrogen (secondary N) is 1. The van der Waals surface area contributed by atoms with Crippen molar-refractivity contribution < 1.29 is 13.5 Å². The number of hydrogen-bond acceptors (Lipinski definition) is 3. The van der Waals surface area contributed by atoms with Gasteiger partial charge in [0, 0.05) is 13.2 Å². The van der Waals surface area contributed by atoms with E-state index in [0.29, 0.717) is 25.3 Å². The minimum Gasteiger partial charge on any atom is -0.396 e. The number of aliphatic hydroxyl groups is 1. The summed E-state index contributed by atoms with van der Waals surface area (Å²) in [4.78, 5) is 0. The van der Waals surface area contributed by atoms with Crippen LogP contribution in [0.4, 0.5) is 0 Å². The molecule has 1 aliphatic rings. The van der Waals surface area contributed by atoms with E-state index in [1.165, 1.54) is 12.8 Å². The third-order valence-electron chi connectivity index (χ3n) is 3.99. The average Bonchev–Trinajstić information content (AvgIpc) is 2.75. The van der Waals surface area contributed by atoms with Crippen LogP contribution in [0, 0.1) is 11.3 Å². The summed E-state index contributed by atoms with van der Waals surface area (Å²) >= 11 is 0. The molecule has 5 heteroatoms. The van der Waals surface area contributed by atoms with Crippen LogP contribution in [0.2, 0.25) is 0 Å². The third kappa shape index (κ3) is 6.23. The normalized spacial score (nSPS) is 19.2. The molecule has 0 unspecified atom stereocenters. The van der Waals surface area contributed by atoms with Crippen molar-refractivity contribution in [2.75, 3.05) is 18.9 Å². The van der Waals surface area contributed by atoms with E-state index in [2.05, 4.69) is 18.6 Å². The standard InChI is InChI=1S/C14H29NO3S/c1-13(2)11-14(7-3-4-8-14)12-15-19(17,18)10-6-5-9-16/h13,15-16H,3-12H2,1-2H3. The van der Waals surface area contributed by atoms with Crippen molar-refractivity contribution in [3.8, 4) is 0 Å². The summed E-state index contributed by atoms with van der Waals surface area (Å²) in [7, 11) is -3.18. The first-order chi connectivity index (χ1) is 8.89. The van der Waals surface area contributed by atoms with Crippen LogP contribution >= 0.6 is 0 Å². The SMILES string of the molecule is CC(C)CC1(CNS(=O)(=O)CCCCO)CCCC1. The zero-order chi connectivity index (χ0) is 14.4. The fourth-order valence-corrected chi connectivity index (χ4v) is 4.44. The molecule has 0 aromatic heterocycles. The van der Waals surface area contributed by atoms with Crippen LogP contribution < -0.4 is 4.72 Å². The quantitative estimate of drug-likeness (QED) is 0.641. The molecule has 0 saturated heterocycles. The molecule has 0 radical (unpaired) electrons. The van der Waals surface area contributed by atoms with Gasteiger partial charge in [-0.1, -0.05) is 26.7 Å². The molecule has 0 aliphatic heterocycles. The third-order valence-corrected chi connectivity index (χ3v) is 5.40. The molecule has 4 nitrogen and oxygen atoms in total. The molecule has 0 aromatic carbocycles. The van der Waals surface area contributed by atoms with Crippen LogP contribution in [0.25, 0.3) is 0 Å². The van der Waals surface area contributed by atoms with Crippen LogP contribution in [0.5, 0.6) is 0 Å². The lowest BCUT2D eigenvalue weighted by Gasteiger charge is -2.31. The van der Waals surface area contributed by atoms with E-state index in [1.54, 1.807) is 0 Å². The van der Waals surface area contributed by atoms with Crippen molar-refractivity contribution in [1.29, 1.82) is 0 Å². The van der Waals surface area contributed by atoms with Crippen LogP contribution in [-0.2, 0) is 10.0 Å². The molecule has 0 spiro atoms. The van der Waals surface area contributed by atoms with E-state index in [1.807, 2.05) is 0 Å². The fourth-order valence-electron chi connectivity index (χ4n) is 3.18. The van der Waals surface area contributed by atoms with Crippen molar-refractivity contribution >= 4 is 10.0 Å². The largest absolute Gasteiger partial charge is 0.396 e. The Labute approximate surface area is 118 Å². The van der Waals surface area contributed by atoms with E-state index in [-0.39, 0.29) is 17.8 Å². The molecule has 2 N–H and O–H groups in total. The second-order valence-corrected chi connectivity index (χ2v) is 8.30. The van der Waals surface area contributed by atoms with Gasteiger partial charge in [0.25, 0.3) is 0 Å². The average molecular weight is 291 g/mol. The second kappa shape index (κ2) is 7.60. The van der Waals surface area contributed by atoms with Gasteiger partial charge in [0.2, 0.25) is 10.0 Å². The molecule has 1 aliphatic carbocycles. The fraction of sp³-hybridized carbons (Fsp3) is 1.00. The van der Waals surface area contributed by atoms with Gasteiger partial charge in [0.1, 0.15) is 0 Å². The highest BCUT2D eigenvalue weighted by atomic mass is 32.2. The Morgan fingerprint density at radius 3 is 2.37 bits per heavy atom. The van der Waals surface area contributed by atoms with Gasteiger partial charge < -0.3 is 5.11 Å². The van der Waals surface area contributed by atoms with Gasteiger partial charge in [-0.05, 0) is 43.4 Å². The molecule has 1 fully saturated rings. The molecular formula is C14H29NO3S. The van der Waals surface area contributed by atoms with Gasteiger partial charge in [-0.2, -0.15) is 0 Å². The maximum Gasteiger partial charge on any atom is 0.211 e. The first kappa shape index (κ1) is 16.9. The Balaban J connectivity index is 2.47. The van der Waals surface area contributed by atoms with Gasteiger partial charge in [-0.15, -0.1) is 0 Å². The monoisotopic (exact) mass is 291 g/mol. The Hall–Kier alpha value is -0.130. The topological polar surface area (TPSA) is 66.4 Å². The van der Waals surface area contributed by atoms with Gasteiger partial charge in [0.05, 0.1) is 5.75 Å². The molecule has 1 saturated carbocycles. The molecular weight excluding hydrogens is 262 g/mol. The van der Waals surface area contributed by atoms with Crippen LogP contribution in [-0.4, -0.2) is 32.4 Å². The predicted octanol–water partition coefficient (Wildman–Crippen LogP) is 2.28. The molecule has 0 heterocycles. The summed E-state index contributed by atoms with van der Waals surface area (Å²) in [5.74, 6) is 0.739. The molecule has 0 amide bonds. The zero-order valence-corrected chi connectivity index (χ0v) is 13.1. The highest BCUT2D eigenvalue weighted by molar-refractivity contribution is 7.89. The summed E-state index contributed by atoms with van der Waals surface area (Å²) in [6, 6.07) is 0. The Bertz CT molecular complexity index is 346. The summed E-state index contributed by atoms with van der Waals surface area (Å²) in [6.07, 6.45) is 6.92. The van der Waals surface area contributed by atoms with Gasteiger partial charge in [-0.25, -0.2) is 13.1 Å². The van der Waals surface area contributed by atoms with Crippen molar-refractivity contribution in [3.63, 3.8) is 0 Å². The number of sulfonamides is 1. The van der Waals surface area contributed by atoms with E-state index >= 15 is 0 Å². The molecule has 0 bridgehead atoms. The van der Waals surface area contributed by atoms with Gasteiger partial charge in [-0.3, -0.25) is 0 Å². The summed E-state index contributed by atoms with van der Waals surface area (Å²) < 4.78 is 26.6. The minimum absolute atomic E-state index is 0.0623. The first-order valence-corrected chi connectivity index (χ1v) is 9.13. The first-order valence-electron chi connectivity index (χ1n) is 7.47. The van der Waals surface area contributed by atoms with Crippen molar-refractivity contribution in [1.82, 2.24) is 4.72 Å². The van der Waals surface area contributed by atoms with E-state index in [0.717, 1.165) is 19.3 Å². The lowest BCUT2D eigenvalue weighted by Crippen LogP contribution is -2.38. The number of aliphatic hydroxyl groups excluding tert-OH is 1. The molecule has 114 valence electrons. The maximum atomic E-state index is 11.9. The van der Waals surface area contributed by atoms with Crippen molar-refractivity contribution in [3.05, 3.63) is 0 Å². The number of unbranched alkanes of at least 4 members (excludes halogenated alkanes) is 1. The zero-order valence-electron chi connectivity index (χ0n) is 12.3. The molecule has 1 rings (SSSR count).